The minimum atomic E-state index is 0.112. The van der Waals surface area contributed by atoms with Crippen LogP contribution < -0.4 is 10.1 Å². The van der Waals surface area contributed by atoms with Crippen molar-refractivity contribution in [3.8, 4) is 5.88 Å². The van der Waals surface area contributed by atoms with Gasteiger partial charge in [0, 0.05) is 34.3 Å². The Hall–Kier alpha value is -1.10. The topological polar surface area (TPSA) is 34.1 Å². The number of nitrogens with one attached hydrogen (secondary N) is 1. The van der Waals surface area contributed by atoms with Gasteiger partial charge in [-0.2, -0.15) is 0 Å². The van der Waals surface area contributed by atoms with Crippen LogP contribution in [-0.4, -0.2) is 11.1 Å². The van der Waals surface area contributed by atoms with Crippen molar-refractivity contribution in [2.24, 2.45) is 0 Å². The Labute approximate surface area is 138 Å². The molecule has 21 heavy (non-hydrogen) atoms. The van der Waals surface area contributed by atoms with Crippen LogP contribution in [0.1, 0.15) is 25.0 Å². The van der Waals surface area contributed by atoms with Crippen LogP contribution in [0.15, 0.2) is 41.0 Å². The van der Waals surface area contributed by atoms with E-state index in [1.165, 1.54) is 0 Å². The highest BCUT2D eigenvalue weighted by Gasteiger charge is 2.07. The first-order valence-electron chi connectivity index (χ1n) is 6.81. The van der Waals surface area contributed by atoms with E-state index in [4.69, 9.17) is 16.3 Å². The van der Waals surface area contributed by atoms with E-state index < -0.39 is 0 Å². The summed E-state index contributed by atoms with van der Waals surface area (Å²) >= 11 is 9.55. The largest absolute Gasteiger partial charge is 0.475 e. The third-order valence-electron chi connectivity index (χ3n) is 2.84. The third kappa shape index (κ3) is 4.99. The second kappa shape index (κ2) is 7.78. The van der Waals surface area contributed by atoms with Crippen molar-refractivity contribution < 1.29 is 4.74 Å². The summed E-state index contributed by atoms with van der Waals surface area (Å²) in [7, 11) is 0. The number of aromatic nitrogens is 1. The number of nitrogens with zero attached hydrogens (tertiary/aromatic N) is 1. The Balaban J connectivity index is 1.99. The molecule has 1 aromatic heterocycles. The maximum absolute atomic E-state index is 6.02. The quantitative estimate of drug-likeness (QED) is 0.809. The highest BCUT2D eigenvalue weighted by Crippen LogP contribution is 2.21. The number of rotatable bonds is 6. The lowest BCUT2D eigenvalue weighted by molar-refractivity contribution is 0.229. The Kier molecular flexibility index (Phi) is 6.03. The van der Waals surface area contributed by atoms with Gasteiger partial charge in [-0.25, -0.2) is 4.98 Å². The first-order valence-corrected chi connectivity index (χ1v) is 7.98. The van der Waals surface area contributed by atoms with Crippen LogP contribution >= 0.6 is 27.5 Å². The van der Waals surface area contributed by atoms with Gasteiger partial charge in [0.15, 0.2) is 0 Å². The molecule has 0 spiro atoms. The fraction of sp³-hybridized carbons (Fsp3) is 0.312. The highest BCUT2D eigenvalue weighted by atomic mass is 79.9. The molecule has 0 fully saturated rings. The van der Waals surface area contributed by atoms with Gasteiger partial charge in [0.05, 0.1) is 6.10 Å². The van der Waals surface area contributed by atoms with Crippen molar-refractivity contribution >= 4 is 27.5 Å². The van der Waals surface area contributed by atoms with Crippen molar-refractivity contribution in [1.29, 1.82) is 0 Å². The number of hydrogen-bond acceptors (Lipinski definition) is 3. The van der Waals surface area contributed by atoms with Gasteiger partial charge in [0.1, 0.15) is 0 Å². The molecule has 0 aliphatic heterocycles. The van der Waals surface area contributed by atoms with Gasteiger partial charge >= 0.3 is 0 Å². The number of benzene rings is 1. The van der Waals surface area contributed by atoms with Crippen LogP contribution in [0.25, 0.3) is 0 Å². The summed E-state index contributed by atoms with van der Waals surface area (Å²) in [6.07, 6.45) is 1.86. The second-order valence-electron chi connectivity index (χ2n) is 4.97. The van der Waals surface area contributed by atoms with Gasteiger partial charge in [-0.15, -0.1) is 0 Å². The number of hydrogen-bond donors (Lipinski definition) is 1. The molecule has 1 N–H and O–H groups in total. The first-order chi connectivity index (χ1) is 10.1. The monoisotopic (exact) mass is 368 g/mol. The maximum Gasteiger partial charge on any atom is 0.218 e. The zero-order valence-corrected chi connectivity index (χ0v) is 14.4. The minimum absolute atomic E-state index is 0.112. The molecule has 0 aliphatic carbocycles. The zero-order valence-electron chi connectivity index (χ0n) is 12.1. The molecule has 2 rings (SSSR count). The molecule has 0 saturated heterocycles. The lowest BCUT2D eigenvalue weighted by Crippen LogP contribution is -2.16. The Morgan fingerprint density at radius 3 is 2.76 bits per heavy atom. The van der Waals surface area contributed by atoms with E-state index in [-0.39, 0.29) is 6.10 Å². The molecule has 0 saturated carbocycles. The summed E-state index contributed by atoms with van der Waals surface area (Å²) in [5, 5.41) is 4.13. The van der Waals surface area contributed by atoms with Gasteiger partial charge in [-0.05, 0) is 43.7 Å². The summed E-state index contributed by atoms with van der Waals surface area (Å²) < 4.78 is 6.76. The van der Waals surface area contributed by atoms with Gasteiger partial charge < -0.3 is 10.1 Å². The van der Waals surface area contributed by atoms with Crippen molar-refractivity contribution in [2.45, 2.75) is 33.0 Å². The molecular formula is C16H18BrClN2O. The number of pyridine rings is 1. The minimum Gasteiger partial charge on any atom is -0.475 e. The Morgan fingerprint density at radius 2 is 2.00 bits per heavy atom. The molecular weight excluding hydrogens is 352 g/mol. The highest BCUT2D eigenvalue weighted by molar-refractivity contribution is 9.10. The fourth-order valence-electron chi connectivity index (χ4n) is 1.90. The van der Waals surface area contributed by atoms with Crippen LogP contribution in [-0.2, 0) is 13.1 Å². The number of halogens is 2. The summed E-state index contributed by atoms with van der Waals surface area (Å²) in [5.41, 5.74) is 2.17. The lowest BCUT2D eigenvalue weighted by Gasteiger charge is -2.13. The second-order valence-corrected chi connectivity index (χ2v) is 6.26. The molecule has 0 aliphatic rings. The molecule has 0 bridgehead atoms. The van der Waals surface area contributed by atoms with Crippen molar-refractivity contribution in [3.05, 3.63) is 57.2 Å². The molecule has 0 amide bonds. The van der Waals surface area contributed by atoms with Crippen LogP contribution in [0.3, 0.4) is 0 Å². The molecule has 112 valence electrons. The number of ether oxygens (including phenoxy) is 1. The molecule has 5 heteroatoms. The fourth-order valence-corrected chi connectivity index (χ4v) is 2.48. The zero-order chi connectivity index (χ0) is 15.2. The Bertz CT molecular complexity index is 605. The molecule has 1 aromatic carbocycles. The average molecular weight is 370 g/mol. The molecule has 0 unspecified atom stereocenters. The molecule has 0 atom stereocenters. The standard InChI is InChI=1S/C16H18BrClN2O/c1-11(2)21-16-12(4-3-7-20-16)9-19-10-13-8-14(18)5-6-15(13)17/h3-8,11,19H,9-10H2,1-2H3. The maximum atomic E-state index is 6.02. The van der Waals surface area contributed by atoms with E-state index >= 15 is 0 Å². The first kappa shape index (κ1) is 16.3. The van der Waals surface area contributed by atoms with Crippen LogP contribution in [0, 0.1) is 0 Å². The predicted octanol–water partition coefficient (Wildman–Crippen LogP) is 4.57. The summed E-state index contributed by atoms with van der Waals surface area (Å²) in [6.45, 7) is 5.40. The van der Waals surface area contributed by atoms with E-state index in [1.54, 1.807) is 6.20 Å². The third-order valence-corrected chi connectivity index (χ3v) is 3.84. The van der Waals surface area contributed by atoms with E-state index in [0.717, 1.165) is 27.2 Å². The van der Waals surface area contributed by atoms with Crippen molar-refractivity contribution in [3.63, 3.8) is 0 Å². The van der Waals surface area contributed by atoms with Gasteiger partial charge in [-0.3, -0.25) is 0 Å². The van der Waals surface area contributed by atoms with Gasteiger partial charge in [-0.1, -0.05) is 33.6 Å². The van der Waals surface area contributed by atoms with Crippen LogP contribution in [0.2, 0.25) is 5.02 Å². The van der Waals surface area contributed by atoms with Gasteiger partial charge in [0.2, 0.25) is 5.88 Å². The van der Waals surface area contributed by atoms with E-state index in [0.29, 0.717) is 12.4 Å². The van der Waals surface area contributed by atoms with E-state index in [9.17, 15) is 0 Å². The van der Waals surface area contributed by atoms with Gasteiger partial charge in [0.25, 0.3) is 0 Å². The van der Waals surface area contributed by atoms with Crippen LogP contribution in [0.4, 0.5) is 0 Å². The molecule has 0 radical (unpaired) electrons. The van der Waals surface area contributed by atoms with E-state index in [2.05, 4.69) is 26.2 Å². The summed E-state index contributed by atoms with van der Waals surface area (Å²) in [6, 6.07) is 9.71. The lowest BCUT2D eigenvalue weighted by atomic mass is 10.2. The SMILES string of the molecule is CC(C)Oc1ncccc1CNCc1cc(Cl)ccc1Br. The summed E-state index contributed by atoms with van der Waals surface area (Å²) in [5.74, 6) is 0.685. The summed E-state index contributed by atoms with van der Waals surface area (Å²) in [4.78, 5) is 4.28. The Morgan fingerprint density at radius 1 is 1.24 bits per heavy atom. The predicted molar refractivity (Wildman–Crippen MR) is 89.7 cm³/mol. The van der Waals surface area contributed by atoms with Crippen molar-refractivity contribution in [1.82, 2.24) is 10.3 Å². The normalized spacial score (nSPS) is 10.9. The van der Waals surface area contributed by atoms with Crippen molar-refractivity contribution in [2.75, 3.05) is 0 Å². The molecule has 3 nitrogen and oxygen atoms in total. The molecule has 1 heterocycles. The van der Waals surface area contributed by atoms with Crippen LogP contribution in [0.5, 0.6) is 5.88 Å². The smallest absolute Gasteiger partial charge is 0.218 e. The molecule has 2 aromatic rings. The van der Waals surface area contributed by atoms with E-state index in [1.807, 2.05) is 44.2 Å². The average Bonchev–Trinajstić information content (AvgIpc) is 2.44.